The third kappa shape index (κ3) is 4.91. The molecule has 3 rings (SSSR count). The van der Waals surface area contributed by atoms with Crippen molar-refractivity contribution in [3.05, 3.63) is 59.7 Å². The van der Waals surface area contributed by atoms with Gasteiger partial charge in [-0.2, -0.15) is 0 Å². The van der Waals surface area contributed by atoms with Crippen LogP contribution in [0.3, 0.4) is 0 Å². The van der Waals surface area contributed by atoms with Gasteiger partial charge < -0.3 is 20.3 Å². The Labute approximate surface area is 172 Å². The number of carbonyl (C=O) groups is 3. The van der Waals surface area contributed by atoms with Gasteiger partial charge in [-0.15, -0.1) is 0 Å². The number of amides is 3. The summed E-state index contributed by atoms with van der Waals surface area (Å²) in [6.45, 7) is 1.38. The number of carbonyl (C=O) groups excluding carboxylic acids is 3. The molecule has 9 heteroatoms. The SMILES string of the molecule is CC(NC(=O)Cc1cc(F)cc(F)c1)C(=O)NC1COc2ccccc2N(C)C1=O. The molecule has 0 saturated heterocycles. The molecule has 0 bridgehead atoms. The average molecular weight is 417 g/mol. The van der Waals surface area contributed by atoms with E-state index in [4.69, 9.17) is 4.74 Å². The molecule has 0 saturated carbocycles. The van der Waals surface area contributed by atoms with E-state index in [2.05, 4.69) is 10.6 Å². The second-order valence-corrected chi connectivity index (χ2v) is 6.98. The molecule has 2 atom stereocenters. The molecule has 1 aliphatic rings. The molecule has 0 aliphatic carbocycles. The predicted molar refractivity (Wildman–Crippen MR) is 105 cm³/mol. The summed E-state index contributed by atoms with van der Waals surface area (Å²) in [5.74, 6) is -2.59. The first-order valence-corrected chi connectivity index (χ1v) is 9.28. The van der Waals surface area contributed by atoms with E-state index in [1.165, 1.54) is 11.8 Å². The first kappa shape index (κ1) is 21.2. The zero-order valence-corrected chi connectivity index (χ0v) is 16.4. The maximum absolute atomic E-state index is 13.2. The molecule has 7 nitrogen and oxygen atoms in total. The van der Waals surface area contributed by atoms with Crippen LogP contribution in [0, 0.1) is 11.6 Å². The number of para-hydroxylation sites is 2. The number of fused-ring (bicyclic) bond motifs is 1. The summed E-state index contributed by atoms with van der Waals surface area (Å²) < 4.78 is 32.1. The van der Waals surface area contributed by atoms with Crippen LogP contribution in [0.1, 0.15) is 12.5 Å². The summed E-state index contributed by atoms with van der Waals surface area (Å²) >= 11 is 0. The molecule has 2 unspecified atom stereocenters. The lowest BCUT2D eigenvalue weighted by atomic mass is 10.1. The second-order valence-electron chi connectivity index (χ2n) is 6.98. The van der Waals surface area contributed by atoms with E-state index in [0.717, 1.165) is 12.1 Å². The van der Waals surface area contributed by atoms with Crippen molar-refractivity contribution >= 4 is 23.4 Å². The molecule has 0 fully saturated rings. The van der Waals surface area contributed by atoms with Crippen molar-refractivity contribution in [3.8, 4) is 5.75 Å². The van der Waals surface area contributed by atoms with Crippen molar-refractivity contribution in [1.29, 1.82) is 0 Å². The van der Waals surface area contributed by atoms with Crippen molar-refractivity contribution in [2.75, 3.05) is 18.6 Å². The van der Waals surface area contributed by atoms with E-state index >= 15 is 0 Å². The van der Waals surface area contributed by atoms with E-state index in [1.807, 2.05) is 0 Å². The number of likely N-dealkylation sites (N-methyl/N-ethyl adjacent to an activating group) is 1. The lowest BCUT2D eigenvalue weighted by Crippen LogP contribution is -2.54. The first-order valence-electron chi connectivity index (χ1n) is 9.28. The zero-order valence-electron chi connectivity index (χ0n) is 16.4. The van der Waals surface area contributed by atoms with Gasteiger partial charge in [-0.1, -0.05) is 12.1 Å². The molecule has 158 valence electrons. The molecule has 2 aromatic rings. The van der Waals surface area contributed by atoms with Crippen molar-refractivity contribution in [1.82, 2.24) is 10.6 Å². The van der Waals surface area contributed by atoms with Gasteiger partial charge in [0.2, 0.25) is 11.8 Å². The lowest BCUT2D eigenvalue weighted by molar-refractivity contribution is -0.131. The maximum Gasteiger partial charge on any atom is 0.252 e. The molecular formula is C21H21F2N3O4. The van der Waals surface area contributed by atoms with E-state index in [1.54, 1.807) is 31.3 Å². The van der Waals surface area contributed by atoms with Crippen LogP contribution in [-0.2, 0) is 20.8 Å². The van der Waals surface area contributed by atoms with Gasteiger partial charge in [-0.25, -0.2) is 8.78 Å². The van der Waals surface area contributed by atoms with Gasteiger partial charge in [-0.05, 0) is 36.8 Å². The highest BCUT2D eigenvalue weighted by molar-refractivity contribution is 6.01. The molecule has 3 amide bonds. The number of hydrogen-bond donors (Lipinski definition) is 2. The fourth-order valence-corrected chi connectivity index (χ4v) is 3.11. The van der Waals surface area contributed by atoms with Crippen molar-refractivity contribution in [2.45, 2.75) is 25.4 Å². The van der Waals surface area contributed by atoms with Crippen LogP contribution >= 0.6 is 0 Å². The molecule has 1 aliphatic heterocycles. The predicted octanol–water partition coefficient (Wildman–Crippen LogP) is 1.55. The van der Waals surface area contributed by atoms with Crippen LogP contribution in [0.5, 0.6) is 5.75 Å². The smallest absolute Gasteiger partial charge is 0.252 e. The van der Waals surface area contributed by atoms with Crippen molar-refractivity contribution < 1.29 is 27.9 Å². The van der Waals surface area contributed by atoms with Gasteiger partial charge in [0.25, 0.3) is 5.91 Å². The van der Waals surface area contributed by atoms with Crippen LogP contribution in [0.25, 0.3) is 0 Å². The number of hydrogen-bond acceptors (Lipinski definition) is 4. The molecule has 2 aromatic carbocycles. The van der Waals surface area contributed by atoms with E-state index in [-0.39, 0.29) is 24.5 Å². The summed E-state index contributed by atoms with van der Waals surface area (Å²) in [7, 11) is 1.58. The molecular weight excluding hydrogens is 396 g/mol. The van der Waals surface area contributed by atoms with Gasteiger partial charge >= 0.3 is 0 Å². The second kappa shape index (κ2) is 8.89. The number of anilines is 1. The Kier molecular flexibility index (Phi) is 6.29. The largest absolute Gasteiger partial charge is 0.489 e. The average Bonchev–Trinajstić information content (AvgIpc) is 2.79. The van der Waals surface area contributed by atoms with Crippen LogP contribution in [0.15, 0.2) is 42.5 Å². The Morgan fingerprint density at radius 1 is 1.20 bits per heavy atom. The minimum Gasteiger partial charge on any atom is -0.489 e. The fraction of sp³-hybridized carbons (Fsp3) is 0.286. The Balaban J connectivity index is 1.58. The van der Waals surface area contributed by atoms with Crippen LogP contribution in [-0.4, -0.2) is 43.5 Å². The van der Waals surface area contributed by atoms with Crippen LogP contribution < -0.4 is 20.3 Å². The third-order valence-electron chi connectivity index (χ3n) is 4.64. The quantitative estimate of drug-likeness (QED) is 0.773. The summed E-state index contributed by atoms with van der Waals surface area (Å²) in [6, 6.07) is 7.89. The maximum atomic E-state index is 13.2. The highest BCUT2D eigenvalue weighted by atomic mass is 19.1. The van der Waals surface area contributed by atoms with Crippen LogP contribution in [0.4, 0.5) is 14.5 Å². The van der Waals surface area contributed by atoms with Crippen molar-refractivity contribution in [3.63, 3.8) is 0 Å². The number of nitrogens with zero attached hydrogens (tertiary/aromatic N) is 1. The molecule has 0 radical (unpaired) electrons. The Hall–Kier alpha value is -3.49. The lowest BCUT2D eigenvalue weighted by Gasteiger charge is -2.22. The molecule has 0 spiro atoms. The molecule has 1 heterocycles. The number of benzene rings is 2. The van der Waals surface area contributed by atoms with Gasteiger partial charge in [0, 0.05) is 13.1 Å². The van der Waals surface area contributed by atoms with E-state index < -0.39 is 35.5 Å². The Bertz CT molecular complexity index is 962. The number of ether oxygens (including phenoxy) is 1. The first-order chi connectivity index (χ1) is 14.2. The molecule has 30 heavy (non-hydrogen) atoms. The standard InChI is InChI=1S/C21H21F2N3O4/c1-12(24-19(27)9-13-7-14(22)10-15(23)8-13)20(28)25-16-11-30-18-6-4-3-5-17(18)26(2)21(16)29/h3-8,10,12,16H,9,11H2,1-2H3,(H,24,27)(H,25,28). The van der Waals surface area contributed by atoms with Crippen molar-refractivity contribution in [2.24, 2.45) is 0 Å². The summed E-state index contributed by atoms with van der Waals surface area (Å²) in [5, 5.41) is 5.03. The molecule has 0 aromatic heterocycles. The van der Waals surface area contributed by atoms with Gasteiger partial charge in [0.15, 0.2) is 0 Å². The highest BCUT2D eigenvalue weighted by Crippen LogP contribution is 2.29. The minimum atomic E-state index is -0.973. The number of halogens is 2. The fourth-order valence-electron chi connectivity index (χ4n) is 3.11. The Morgan fingerprint density at radius 2 is 1.87 bits per heavy atom. The van der Waals surface area contributed by atoms with Crippen LogP contribution in [0.2, 0.25) is 0 Å². The third-order valence-corrected chi connectivity index (χ3v) is 4.64. The minimum absolute atomic E-state index is 0.0604. The number of rotatable bonds is 5. The highest BCUT2D eigenvalue weighted by Gasteiger charge is 2.31. The topological polar surface area (TPSA) is 87.7 Å². The number of nitrogens with one attached hydrogen (secondary N) is 2. The Morgan fingerprint density at radius 3 is 2.57 bits per heavy atom. The monoisotopic (exact) mass is 417 g/mol. The van der Waals surface area contributed by atoms with Gasteiger partial charge in [0.05, 0.1) is 12.1 Å². The van der Waals surface area contributed by atoms with E-state index in [0.29, 0.717) is 17.5 Å². The van der Waals surface area contributed by atoms with Gasteiger partial charge in [0.1, 0.15) is 36.1 Å². The summed E-state index contributed by atoms with van der Waals surface area (Å²) in [4.78, 5) is 38.7. The van der Waals surface area contributed by atoms with E-state index in [9.17, 15) is 23.2 Å². The van der Waals surface area contributed by atoms with Gasteiger partial charge in [-0.3, -0.25) is 14.4 Å². The zero-order chi connectivity index (χ0) is 21.8. The molecule has 2 N–H and O–H groups in total. The summed E-state index contributed by atoms with van der Waals surface area (Å²) in [5.41, 5.74) is 0.729. The summed E-state index contributed by atoms with van der Waals surface area (Å²) in [6.07, 6.45) is -0.296. The normalized spacial score (nSPS) is 16.7.